The molecular formula is C20H29N3O4Si. The summed E-state index contributed by atoms with van der Waals surface area (Å²) in [5, 5.41) is 18.4. The molecule has 7 nitrogen and oxygen atoms in total. The maximum Gasteiger partial charge on any atom is 0.309 e. The van der Waals surface area contributed by atoms with E-state index in [1.54, 1.807) is 18.2 Å². The second-order valence-corrected chi connectivity index (χ2v) is 14.5. The number of ether oxygens (including phenoxy) is 1. The Hall–Kier alpha value is -2.06. The molecule has 0 radical (unpaired) electrons. The van der Waals surface area contributed by atoms with Crippen LogP contribution in [-0.4, -0.2) is 47.4 Å². The first-order valence-electron chi connectivity index (χ1n) is 9.90. The van der Waals surface area contributed by atoms with Gasteiger partial charge in [0.1, 0.15) is 5.52 Å². The highest BCUT2D eigenvalue weighted by molar-refractivity contribution is 6.76. The first kappa shape index (κ1) is 20.7. The van der Waals surface area contributed by atoms with Gasteiger partial charge < -0.3 is 9.84 Å². The largest absolute Gasteiger partial charge is 0.466 e. The van der Waals surface area contributed by atoms with Gasteiger partial charge >= 0.3 is 5.97 Å². The summed E-state index contributed by atoms with van der Waals surface area (Å²) in [6, 6.07) is 8.01. The molecule has 1 saturated carbocycles. The third kappa shape index (κ3) is 4.67. The molecule has 1 heterocycles. The summed E-state index contributed by atoms with van der Waals surface area (Å²) < 4.78 is 6.91. The molecule has 1 fully saturated rings. The summed E-state index contributed by atoms with van der Waals surface area (Å²) >= 11 is 0. The number of fused-ring (bicyclic) bond motifs is 1. The molecule has 1 aliphatic carbocycles. The number of nitrogens with zero attached hydrogens (tertiary/aromatic N) is 3. The number of hydrogen-bond acceptors (Lipinski definition) is 6. The second kappa shape index (κ2) is 8.53. The average Bonchev–Trinajstić information content (AvgIpc) is 3.06. The lowest BCUT2D eigenvalue weighted by Gasteiger charge is -2.23. The fourth-order valence-corrected chi connectivity index (χ4v) is 4.60. The van der Waals surface area contributed by atoms with E-state index in [4.69, 9.17) is 4.74 Å². The summed E-state index contributed by atoms with van der Waals surface area (Å²) in [6.07, 6.45) is 1.49. The van der Waals surface area contributed by atoms with Gasteiger partial charge in [-0.1, -0.05) is 37.0 Å². The Morgan fingerprint density at radius 2 is 1.96 bits per heavy atom. The third-order valence-corrected chi connectivity index (χ3v) is 7.27. The first-order valence-corrected chi connectivity index (χ1v) is 13.6. The molecule has 0 aliphatic heterocycles. The first-order chi connectivity index (χ1) is 13.3. The minimum atomic E-state index is -1.29. The fourth-order valence-electron chi connectivity index (χ4n) is 3.89. The molecule has 3 atom stereocenters. The van der Waals surface area contributed by atoms with E-state index in [1.807, 2.05) is 6.07 Å². The van der Waals surface area contributed by atoms with Gasteiger partial charge in [0.15, 0.2) is 0 Å². The van der Waals surface area contributed by atoms with E-state index in [0.717, 1.165) is 18.9 Å². The van der Waals surface area contributed by atoms with Crippen LogP contribution in [-0.2, 0) is 16.1 Å². The van der Waals surface area contributed by atoms with Gasteiger partial charge in [-0.3, -0.25) is 9.59 Å². The van der Waals surface area contributed by atoms with E-state index in [-0.39, 0.29) is 30.0 Å². The molecule has 0 bridgehead atoms. The summed E-state index contributed by atoms with van der Waals surface area (Å²) in [5.41, 5.74) is 0.356. The lowest BCUT2D eigenvalue weighted by Crippen LogP contribution is -2.35. The molecule has 0 spiro atoms. The SMILES string of the molecule is C[Si](C)(C)CCOC(=O)[C@@H]1[C@@H](CO)CC[C@H]1Cn1nnc2ccccc2c1=O. The van der Waals surface area contributed by atoms with Crippen LogP contribution in [0.5, 0.6) is 0 Å². The van der Waals surface area contributed by atoms with Crippen molar-refractivity contribution in [1.29, 1.82) is 0 Å². The molecule has 1 aliphatic rings. The van der Waals surface area contributed by atoms with E-state index in [0.29, 0.717) is 24.1 Å². The summed E-state index contributed by atoms with van der Waals surface area (Å²) in [6.45, 7) is 7.39. The Kier molecular flexibility index (Phi) is 6.29. The molecule has 3 rings (SSSR count). The number of benzene rings is 1. The summed E-state index contributed by atoms with van der Waals surface area (Å²) in [7, 11) is -1.29. The normalized spacial score (nSPS) is 22.5. The zero-order chi connectivity index (χ0) is 20.3. The molecule has 152 valence electrons. The van der Waals surface area contributed by atoms with Gasteiger partial charge in [0.25, 0.3) is 5.56 Å². The van der Waals surface area contributed by atoms with Crippen LogP contribution in [0.2, 0.25) is 25.7 Å². The minimum Gasteiger partial charge on any atom is -0.466 e. The van der Waals surface area contributed by atoms with Crippen molar-refractivity contribution in [3.05, 3.63) is 34.6 Å². The van der Waals surface area contributed by atoms with Crippen LogP contribution in [0.25, 0.3) is 10.9 Å². The Morgan fingerprint density at radius 3 is 2.68 bits per heavy atom. The Balaban J connectivity index is 1.76. The molecule has 2 aromatic rings. The number of aliphatic hydroxyl groups is 1. The Morgan fingerprint density at radius 1 is 1.25 bits per heavy atom. The van der Waals surface area contributed by atoms with E-state index in [9.17, 15) is 14.7 Å². The number of rotatable bonds is 7. The molecule has 0 amide bonds. The number of aliphatic hydroxyl groups excluding tert-OH is 1. The predicted octanol–water partition coefficient (Wildman–Crippen LogP) is 2.31. The molecule has 0 unspecified atom stereocenters. The van der Waals surface area contributed by atoms with Crippen LogP contribution in [0.1, 0.15) is 12.8 Å². The van der Waals surface area contributed by atoms with Crippen LogP contribution in [0.3, 0.4) is 0 Å². The predicted molar refractivity (Wildman–Crippen MR) is 110 cm³/mol. The van der Waals surface area contributed by atoms with Crippen LogP contribution in [0.15, 0.2) is 29.1 Å². The van der Waals surface area contributed by atoms with Gasteiger partial charge in [-0.25, -0.2) is 4.68 Å². The zero-order valence-corrected chi connectivity index (χ0v) is 17.8. The summed E-state index contributed by atoms with van der Waals surface area (Å²) in [4.78, 5) is 25.5. The lowest BCUT2D eigenvalue weighted by atomic mass is 9.89. The van der Waals surface area contributed by atoms with Crippen molar-refractivity contribution in [2.45, 2.75) is 45.1 Å². The van der Waals surface area contributed by atoms with E-state index in [2.05, 4.69) is 30.0 Å². The monoisotopic (exact) mass is 403 g/mol. The quantitative estimate of drug-likeness (QED) is 0.563. The highest BCUT2D eigenvalue weighted by Crippen LogP contribution is 2.38. The van der Waals surface area contributed by atoms with Crippen LogP contribution < -0.4 is 5.56 Å². The molecule has 8 heteroatoms. The van der Waals surface area contributed by atoms with Crippen LogP contribution >= 0.6 is 0 Å². The van der Waals surface area contributed by atoms with Gasteiger partial charge in [-0.15, -0.1) is 5.10 Å². The highest BCUT2D eigenvalue weighted by atomic mass is 28.3. The molecule has 0 saturated heterocycles. The Bertz CT molecular complexity index is 893. The van der Waals surface area contributed by atoms with Crippen molar-refractivity contribution in [3.63, 3.8) is 0 Å². The van der Waals surface area contributed by atoms with Crippen molar-refractivity contribution >= 4 is 24.9 Å². The number of carbonyl (C=O) groups excluding carboxylic acids is 1. The molecule has 1 aromatic carbocycles. The number of esters is 1. The van der Waals surface area contributed by atoms with Crippen molar-refractivity contribution < 1.29 is 14.6 Å². The van der Waals surface area contributed by atoms with Crippen molar-refractivity contribution in [3.8, 4) is 0 Å². The smallest absolute Gasteiger partial charge is 0.309 e. The van der Waals surface area contributed by atoms with E-state index < -0.39 is 14.0 Å². The highest BCUT2D eigenvalue weighted by Gasteiger charge is 2.42. The summed E-state index contributed by atoms with van der Waals surface area (Å²) in [5.74, 6) is -0.897. The van der Waals surface area contributed by atoms with Gasteiger partial charge in [0.2, 0.25) is 0 Å². The average molecular weight is 404 g/mol. The maximum absolute atomic E-state index is 12.8. The Labute approximate surface area is 165 Å². The standard InChI is InChI=1S/C20H29N3O4Si/c1-28(2,3)11-10-27-20(26)18-14(8-9-15(18)13-24)12-23-19(25)16-6-4-5-7-17(16)21-22-23/h4-7,14-15,18,24H,8-13H2,1-3H3/t14-,15+,18-/m0/s1. The van der Waals surface area contributed by atoms with E-state index in [1.165, 1.54) is 4.68 Å². The molecule has 1 N–H and O–H groups in total. The number of aromatic nitrogens is 3. The van der Waals surface area contributed by atoms with Crippen molar-refractivity contribution in [1.82, 2.24) is 15.0 Å². The van der Waals surface area contributed by atoms with Crippen molar-refractivity contribution in [2.75, 3.05) is 13.2 Å². The fraction of sp³-hybridized carbons (Fsp3) is 0.600. The zero-order valence-electron chi connectivity index (χ0n) is 16.8. The molecule has 28 heavy (non-hydrogen) atoms. The minimum absolute atomic E-state index is 0.0530. The van der Waals surface area contributed by atoms with Gasteiger partial charge in [-0.05, 0) is 42.9 Å². The van der Waals surface area contributed by atoms with Crippen LogP contribution in [0.4, 0.5) is 0 Å². The van der Waals surface area contributed by atoms with Gasteiger partial charge in [0.05, 0.1) is 24.5 Å². The van der Waals surface area contributed by atoms with E-state index >= 15 is 0 Å². The van der Waals surface area contributed by atoms with Crippen molar-refractivity contribution in [2.24, 2.45) is 17.8 Å². The van der Waals surface area contributed by atoms with Gasteiger partial charge in [-0.2, -0.15) is 0 Å². The topological polar surface area (TPSA) is 94.3 Å². The maximum atomic E-state index is 12.8. The van der Waals surface area contributed by atoms with Crippen LogP contribution in [0, 0.1) is 17.8 Å². The molecule has 1 aromatic heterocycles. The molecular weight excluding hydrogens is 374 g/mol. The van der Waals surface area contributed by atoms with Gasteiger partial charge in [0, 0.05) is 14.7 Å². The lowest BCUT2D eigenvalue weighted by molar-refractivity contribution is -0.151. The second-order valence-electron chi connectivity index (χ2n) is 8.88. The number of hydrogen-bond donors (Lipinski definition) is 1. The number of carbonyl (C=O) groups is 1. The third-order valence-electron chi connectivity index (χ3n) is 5.56.